The van der Waals surface area contributed by atoms with Crippen molar-refractivity contribution in [1.29, 1.82) is 0 Å². The first kappa shape index (κ1) is 17.8. The molecule has 2 heterocycles. The van der Waals surface area contributed by atoms with Crippen molar-refractivity contribution in [1.82, 2.24) is 19.9 Å². The zero-order valence-electron chi connectivity index (χ0n) is 14.3. The van der Waals surface area contributed by atoms with E-state index in [4.69, 9.17) is 27.9 Å². The van der Waals surface area contributed by atoms with Gasteiger partial charge in [-0.15, -0.1) is 5.10 Å². The van der Waals surface area contributed by atoms with Gasteiger partial charge in [0.1, 0.15) is 12.4 Å². The number of ether oxygens (including phenoxy) is 1. The summed E-state index contributed by atoms with van der Waals surface area (Å²) in [5, 5.41) is 9.39. The van der Waals surface area contributed by atoms with Crippen molar-refractivity contribution in [3.8, 4) is 5.75 Å². The van der Waals surface area contributed by atoms with Crippen LogP contribution in [0.3, 0.4) is 0 Å². The van der Waals surface area contributed by atoms with E-state index in [1.54, 1.807) is 21.8 Å². The number of amides is 1. The summed E-state index contributed by atoms with van der Waals surface area (Å²) < 4.78 is 7.34. The zero-order valence-corrected chi connectivity index (χ0v) is 15.8. The molecule has 0 spiro atoms. The third kappa shape index (κ3) is 4.07. The van der Waals surface area contributed by atoms with Crippen LogP contribution in [0.2, 0.25) is 10.0 Å². The first-order valence-electron chi connectivity index (χ1n) is 8.43. The zero-order chi connectivity index (χ0) is 18.8. The fraction of sp³-hybridized carbons (Fsp3) is 0.211. The summed E-state index contributed by atoms with van der Waals surface area (Å²) >= 11 is 12.0. The molecule has 3 aromatic rings. The molecule has 0 saturated carbocycles. The third-order valence-electron chi connectivity index (χ3n) is 4.31. The molecule has 6 nitrogen and oxygen atoms in total. The lowest BCUT2D eigenvalue weighted by molar-refractivity contribution is 0.0727. The number of hydrogen-bond donors (Lipinski definition) is 0. The first-order valence-corrected chi connectivity index (χ1v) is 9.19. The fourth-order valence-corrected chi connectivity index (χ4v) is 3.27. The monoisotopic (exact) mass is 402 g/mol. The number of halogens is 2. The molecular formula is C19H16Cl2N4O2. The summed E-state index contributed by atoms with van der Waals surface area (Å²) in [6, 6.07) is 12.9. The molecule has 0 atom stereocenters. The lowest BCUT2D eigenvalue weighted by atomic mass is 10.2. The van der Waals surface area contributed by atoms with Gasteiger partial charge in [-0.1, -0.05) is 40.5 Å². The van der Waals surface area contributed by atoms with E-state index in [-0.39, 0.29) is 5.91 Å². The second-order valence-corrected chi connectivity index (χ2v) is 7.13. The van der Waals surface area contributed by atoms with Crippen molar-refractivity contribution in [2.75, 3.05) is 13.2 Å². The Hall–Kier alpha value is -2.57. The largest absolute Gasteiger partial charge is 0.491 e. The summed E-state index contributed by atoms with van der Waals surface area (Å²) in [4.78, 5) is 14.6. The molecule has 2 aromatic carbocycles. The van der Waals surface area contributed by atoms with E-state index in [1.165, 1.54) is 0 Å². The Kier molecular flexibility index (Phi) is 5.01. The van der Waals surface area contributed by atoms with Crippen LogP contribution in [0.5, 0.6) is 5.75 Å². The Morgan fingerprint density at radius 3 is 2.70 bits per heavy atom. The first-order chi connectivity index (χ1) is 13.1. The maximum Gasteiger partial charge on any atom is 0.276 e. The van der Waals surface area contributed by atoms with Crippen molar-refractivity contribution in [3.05, 3.63) is 75.5 Å². The van der Waals surface area contributed by atoms with Crippen molar-refractivity contribution in [3.63, 3.8) is 0 Å². The highest BCUT2D eigenvalue weighted by Gasteiger charge is 2.23. The highest BCUT2D eigenvalue weighted by molar-refractivity contribution is 6.30. The molecule has 0 aliphatic carbocycles. The number of aromatic nitrogens is 3. The summed E-state index contributed by atoms with van der Waals surface area (Å²) in [5.74, 6) is 0.565. The van der Waals surface area contributed by atoms with E-state index in [9.17, 15) is 4.79 Å². The van der Waals surface area contributed by atoms with E-state index in [1.807, 2.05) is 36.4 Å². The van der Waals surface area contributed by atoms with E-state index in [2.05, 4.69) is 10.3 Å². The summed E-state index contributed by atoms with van der Waals surface area (Å²) in [6.07, 6.45) is 1.65. The van der Waals surface area contributed by atoms with Gasteiger partial charge in [-0.05, 0) is 35.9 Å². The number of carbonyl (C=O) groups excluding carboxylic acids is 1. The van der Waals surface area contributed by atoms with E-state index >= 15 is 0 Å². The van der Waals surface area contributed by atoms with Crippen molar-refractivity contribution >= 4 is 29.1 Å². The van der Waals surface area contributed by atoms with Crippen LogP contribution in [0.1, 0.15) is 21.6 Å². The number of hydrogen-bond acceptors (Lipinski definition) is 4. The molecule has 1 aliphatic heterocycles. The molecule has 4 rings (SSSR count). The van der Waals surface area contributed by atoms with Crippen LogP contribution in [0.4, 0.5) is 0 Å². The lowest BCUT2D eigenvalue weighted by Crippen LogP contribution is -2.32. The number of rotatable bonds is 3. The minimum absolute atomic E-state index is 0.186. The van der Waals surface area contributed by atoms with Gasteiger partial charge in [0.2, 0.25) is 0 Å². The molecule has 138 valence electrons. The maximum absolute atomic E-state index is 12.9. The molecule has 0 radical (unpaired) electrons. The molecule has 0 unspecified atom stereocenters. The van der Waals surface area contributed by atoms with Crippen LogP contribution in [-0.4, -0.2) is 39.0 Å². The van der Waals surface area contributed by atoms with Crippen LogP contribution in [0.15, 0.2) is 48.7 Å². The SMILES string of the molecule is O=C(c1cn(Cc2ccc(Cl)cc2)nn1)N1CCOc2ccc(Cl)cc2C1. The molecular weight excluding hydrogens is 387 g/mol. The highest BCUT2D eigenvalue weighted by Crippen LogP contribution is 2.26. The second-order valence-electron chi connectivity index (χ2n) is 6.26. The van der Waals surface area contributed by atoms with Gasteiger partial charge in [0.15, 0.2) is 5.69 Å². The van der Waals surface area contributed by atoms with Gasteiger partial charge in [0.05, 0.1) is 19.3 Å². The van der Waals surface area contributed by atoms with Crippen LogP contribution in [0, 0.1) is 0 Å². The van der Waals surface area contributed by atoms with E-state index in [0.29, 0.717) is 42.0 Å². The standard InChI is InChI=1S/C19H16Cl2N4O2/c20-15-3-1-13(2-4-15)10-25-12-17(22-23-25)19(26)24-7-8-27-18-6-5-16(21)9-14(18)11-24/h1-6,9,12H,7-8,10-11H2. The maximum atomic E-state index is 12.9. The Bertz CT molecular complexity index is 972. The van der Waals surface area contributed by atoms with Crippen molar-refractivity contribution < 1.29 is 9.53 Å². The molecule has 1 amide bonds. The number of carbonyl (C=O) groups is 1. The highest BCUT2D eigenvalue weighted by atomic mass is 35.5. The molecule has 27 heavy (non-hydrogen) atoms. The molecule has 0 N–H and O–H groups in total. The summed E-state index contributed by atoms with van der Waals surface area (Å²) in [5.41, 5.74) is 2.20. The smallest absolute Gasteiger partial charge is 0.276 e. The minimum Gasteiger partial charge on any atom is -0.491 e. The third-order valence-corrected chi connectivity index (χ3v) is 4.79. The predicted octanol–water partition coefficient (Wildman–Crippen LogP) is 3.67. The lowest BCUT2D eigenvalue weighted by Gasteiger charge is -2.18. The second kappa shape index (κ2) is 7.58. The average Bonchev–Trinajstić information content (AvgIpc) is 3.02. The quantitative estimate of drug-likeness (QED) is 0.670. The number of fused-ring (bicyclic) bond motifs is 1. The molecule has 1 aliphatic rings. The van der Waals surface area contributed by atoms with Crippen molar-refractivity contribution in [2.45, 2.75) is 13.1 Å². The van der Waals surface area contributed by atoms with E-state index in [0.717, 1.165) is 16.9 Å². The topological polar surface area (TPSA) is 60.2 Å². The van der Waals surface area contributed by atoms with Crippen LogP contribution < -0.4 is 4.74 Å². The predicted molar refractivity (Wildman–Crippen MR) is 102 cm³/mol. The molecule has 0 bridgehead atoms. The van der Waals surface area contributed by atoms with Gasteiger partial charge >= 0.3 is 0 Å². The number of nitrogens with zero attached hydrogens (tertiary/aromatic N) is 4. The Morgan fingerprint density at radius 2 is 1.89 bits per heavy atom. The van der Waals surface area contributed by atoms with Gasteiger partial charge < -0.3 is 9.64 Å². The van der Waals surface area contributed by atoms with Crippen LogP contribution in [0.25, 0.3) is 0 Å². The van der Waals surface area contributed by atoms with Gasteiger partial charge in [-0.2, -0.15) is 0 Å². The van der Waals surface area contributed by atoms with Crippen LogP contribution in [-0.2, 0) is 13.1 Å². The molecule has 0 saturated heterocycles. The minimum atomic E-state index is -0.186. The van der Waals surface area contributed by atoms with Crippen LogP contribution >= 0.6 is 23.2 Å². The van der Waals surface area contributed by atoms with Gasteiger partial charge in [0, 0.05) is 22.2 Å². The molecule has 8 heteroatoms. The van der Waals surface area contributed by atoms with Gasteiger partial charge in [0.25, 0.3) is 5.91 Å². The van der Waals surface area contributed by atoms with Gasteiger partial charge in [-0.25, -0.2) is 4.68 Å². The van der Waals surface area contributed by atoms with Crippen molar-refractivity contribution in [2.24, 2.45) is 0 Å². The fourth-order valence-electron chi connectivity index (χ4n) is 2.95. The Morgan fingerprint density at radius 1 is 1.11 bits per heavy atom. The Balaban J connectivity index is 1.49. The number of benzene rings is 2. The average molecular weight is 403 g/mol. The van der Waals surface area contributed by atoms with E-state index < -0.39 is 0 Å². The molecule has 0 fully saturated rings. The molecule has 1 aromatic heterocycles. The normalized spacial score (nSPS) is 13.6. The Labute approximate surface area is 166 Å². The van der Waals surface area contributed by atoms with Gasteiger partial charge in [-0.3, -0.25) is 4.79 Å². The summed E-state index contributed by atoms with van der Waals surface area (Å²) in [6.45, 7) is 1.81. The summed E-state index contributed by atoms with van der Waals surface area (Å²) in [7, 11) is 0.